The van der Waals surface area contributed by atoms with Crippen molar-refractivity contribution >= 4 is 28.9 Å². The maximum absolute atomic E-state index is 11.8. The molecular formula is C19H20ClN3O2S. The van der Waals surface area contributed by atoms with Gasteiger partial charge in [-0.2, -0.15) is 0 Å². The summed E-state index contributed by atoms with van der Waals surface area (Å²) in [5.41, 5.74) is 10.9. The van der Waals surface area contributed by atoms with E-state index in [9.17, 15) is 5.11 Å². The zero-order valence-electron chi connectivity index (χ0n) is 14.3. The molecule has 3 unspecified atom stereocenters. The maximum Gasteiger partial charge on any atom is 0.185 e. The zero-order valence-corrected chi connectivity index (χ0v) is 15.8. The van der Waals surface area contributed by atoms with Gasteiger partial charge in [0.05, 0.1) is 13.2 Å². The first-order valence-corrected chi connectivity index (χ1v) is 9.25. The molecular weight excluding hydrogens is 370 g/mol. The summed E-state index contributed by atoms with van der Waals surface area (Å²) in [5, 5.41) is 14.1. The molecule has 1 heterocycles. The normalized spacial score (nSPS) is 27.0. The van der Waals surface area contributed by atoms with Gasteiger partial charge >= 0.3 is 0 Å². The third-order valence-electron chi connectivity index (χ3n) is 5.41. The van der Waals surface area contributed by atoms with Crippen LogP contribution in [-0.2, 0) is 12.1 Å². The molecule has 1 aliphatic carbocycles. The quantitative estimate of drug-likeness (QED) is 0.686. The van der Waals surface area contributed by atoms with E-state index in [0.717, 1.165) is 35.3 Å². The molecule has 0 radical (unpaired) electrons. The number of aliphatic hydroxyl groups is 1. The van der Waals surface area contributed by atoms with Crippen LogP contribution >= 0.6 is 23.8 Å². The van der Waals surface area contributed by atoms with Crippen molar-refractivity contribution in [1.29, 1.82) is 0 Å². The van der Waals surface area contributed by atoms with E-state index in [1.54, 1.807) is 7.11 Å². The van der Waals surface area contributed by atoms with Gasteiger partial charge in [0.1, 0.15) is 5.75 Å². The van der Waals surface area contributed by atoms with Crippen LogP contribution in [0.3, 0.4) is 0 Å². The summed E-state index contributed by atoms with van der Waals surface area (Å²) in [5.74, 6) is 0.666. The lowest BCUT2D eigenvalue weighted by molar-refractivity contribution is -0.103. The second-order valence-electron chi connectivity index (χ2n) is 6.73. The summed E-state index contributed by atoms with van der Waals surface area (Å²) < 4.78 is 5.33. The summed E-state index contributed by atoms with van der Waals surface area (Å²) in [6.07, 6.45) is 1.63. The molecule has 4 rings (SSSR count). The summed E-state index contributed by atoms with van der Waals surface area (Å²) in [6.45, 7) is 0. The molecule has 136 valence electrons. The Morgan fingerprint density at radius 1 is 1.35 bits per heavy atom. The predicted molar refractivity (Wildman–Crippen MR) is 105 cm³/mol. The molecule has 0 aromatic heterocycles. The number of nitrogens with zero attached hydrogens (tertiary/aromatic N) is 1. The van der Waals surface area contributed by atoms with Gasteiger partial charge in [-0.1, -0.05) is 29.8 Å². The molecule has 4 N–H and O–H groups in total. The maximum atomic E-state index is 11.8. The number of benzene rings is 2. The van der Waals surface area contributed by atoms with E-state index in [-0.39, 0.29) is 17.1 Å². The van der Waals surface area contributed by atoms with Gasteiger partial charge in [-0.15, -0.1) is 0 Å². The number of hydrazine groups is 1. The minimum absolute atomic E-state index is 0.105. The fraction of sp³-hybridized carbons (Fsp3) is 0.316. The standard InChI is InChI=1S/C19H20ClN3O2S/c1-25-14-7-9-15-12(10-14)4-8-16-17(11-2-5-13(20)6-3-11)22-23(18(21)26)19(15,16)24/h2-3,5-7,9-10,16-17,22,24H,4,8H2,1H3,(H2,21,26). The van der Waals surface area contributed by atoms with Crippen LogP contribution in [-0.4, -0.2) is 22.3 Å². The number of rotatable bonds is 2. The third-order valence-corrected chi connectivity index (χ3v) is 5.85. The van der Waals surface area contributed by atoms with Gasteiger partial charge in [0, 0.05) is 16.5 Å². The van der Waals surface area contributed by atoms with Crippen molar-refractivity contribution in [1.82, 2.24) is 10.4 Å². The number of methoxy groups -OCH3 is 1. The molecule has 1 saturated heterocycles. The minimum atomic E-state index is -1.31. The summed E-state index contributed by atoms with van der Waals surface area (Å²) in [4.78, 5) is 0. The number of ether oxygens (including phenoxy) is 1. The molecule has 26 heavy (non-hydrogen) atoms. The lowest BCUT2D eigenvalue weighted by Gasteiger charge is -2.41. The molecule has 2 aromatic carbocycles. The number of aryl methyl sites for hydroxylation is 1. The average molecular weight is 390 g/mol. The molecule has 1 fully saturated rings. The largest absolute Gasteiger partial charge is 0.497 e. The van der Waals surface area contributed by atoms with Crippen LogP contribution in [0.25, 0.3) is 0 Å². The summed E-state index contributed by atoms with van der Waals surface area (Å²) >= 11 is 11.3. The number of nitrogens with two attached hydrogens (primary N) is 1. The zero-order chi connectivity index (χ0) is 18.5. The highest BCUT2D eigenvalue weighted by Gasteiger charge is 2.57. The Kier molecular flexibility index (Phi) is 4.31. The number of fused-ring (bicyclic) bond motifs is 3. The molecule has 2 aromatic rings. The van der Waals surface area contributed by atoms with Crippen LogP contribution in [0.5, 0.6) is 5.75 Å². The molecule has 0 spiro atoms. The van der Waals surface area contributed by atoms with Crippen LogP contribution < -0.4 is 15.9 Å². The topological polar surface area (TPSA) is 70.8 Å². The van der Waals surface area contributed by atoms with Gasteiger partial charge in [-0.05, 0) is 60.5 Å². The average Bonchev–Trinajstić information content (AvgIpc) is 2.95. The van der Waals surface area contributed by atoms with Crippen LogP contribution in [0.15, 0.2) is 42.5 Å². The molecule has 0 bridgehead atoms. The number of halogens is 1. The highest BCUT2D eigenvalue weighted by Crippen LogP contribution is 2.52. The van der Waals surface area contributed by atoms with Crippen LogP contribution in [0.4, 0.5) is 0 Å². The first kappa shape index (κ1) is 17.5. The highest BCUT2D eigenvalue weighted by atomic mass is 35.5. The highest BCUT2D eigenvalue weighted by molar-refractivity contribution is 7.80. The Morgan fingerprint density at radius 3 is 2.73 bits per heavy atom. The van der Waals surface area contributed by atoms with Gasteiger partial charge in [0.15, 0.2) is 10.8 Å². The minimum Gasteiger partial charge on any atom is -0.497 e. The summed E-state index contributed by atoms with van der Waals surface area (Å²) in [6, 6.07) is 13.2. The fourth-order valence-electron chi connectivity index (χ4n) is 4.20. The Balaban J connectivity index is 1.82. The second-order valence-corrected chi connectivity index (χ2v) is 7.58. The summed E-state index contributed by atoms with van der Waals surface area (Å²) in [7, 11) is 1.64. The Hall–Kier alpha value is -1.86. The van der Waals surface area contributed by atoms with Gasteiger partial charge in [0.25, 0.3) is 0 Å². The second kappa shape index (κ2) is 6.39. The molecule has 1 aliphatic heterocycles. The van der Waals surface area contributed by atoms with Crippen molar-refractivity contribution in [2.75, 3.05) is 7.11 Å². The van der Waals surface area contributed by atoms with Crippen molar-refractivity contribution in [3.05, 3.63) is 64.2 Å². The lowest BCUT2D eigenvalue weighted by atomic mass is 9.73. The van der Waals surface area contributed by atoms with Gasteiger partial charge in [0.2, 0.25) is 0 Å². The van der Waals surface area contributed by atoms with E-state index in [4.69, 9.17) is 34.3 Å². The van der Waals surface area contributed by atoms with E-state index in [1.807, 2.05) is 42.5 Å². The van der Waals surface area contributed by atoms with Crippen LogP contribution in [0.2, 0.25) is 5.02 Å². The number of hydrogen-bond donors (Lipinski definition) is 3. The molecule has 3 atom stereocenters. The van der Waals surface area contributed by atoms with Crippen LogP contribution in [0, 0.1) is 5.92 Å². The van der Waals surface area contributed by atoms with E-state index in [0.29, 0.717) is 5.02 Å². The first-order valence-electron chi connectivity index (χ1n) is 8.46. The van der Waals surface area contributed by atoms with Gasteiger partial charge in [-0.3, -0.25) is 0 Å². The Morgan fingerprint density at radius 2 is 2.08 bits per heavy atom. The smallest absolute Gasteiger partial charge is 0.185 e. The molecule has 2 aliphatic rings. The van der Waals surface area contributed by atoms with Crippen molar-refractivity contribution in [2.45, 2.75) is 24.6 Å². The van der Waals surface area contributed by atoms with Gasteiger partial charge in [-0.25, -0.2) is 10.4 Å². The Labute approximate surface area is 162 Å². The van der Waals surface area contributed by atoms with E-state index in [2.05, 4.69) is 5.43 Å². The first-order chi connectivity index (χ1) is 12.4. The van der Waals surface area contributed by atoms with Crippen LogP contribution in [0.1, 0.15) is 29.2 Å². The van der Waals surface area contributed by atoms with Crippen molar-refractivity contribution < 1.29 is 9.84 Å². The van der Waals surface area contributed by atoms with Gasteiger partial charge < -0.3 is 15.6 Å². The van der Waals surface area contributed by atoms with Crippen molar-refractivity contribution in [2.24, 2.45) is 11.7 Å². The molecule has 0 amide bonds. The van der Waals surface area contributed by atoms with E-state index < -0.39 is 5.72 Å². The Bertz CT molecular complexity index is 860. The molecule has 0 saturated carbocycles. The molecule has 7 heteroatoms. The number of nitrogens with one attached hydrogen (secondary N) is 1. The van der Waals surface area contributed by atoms with Crippen molar-refractivity contribution in [3.63, 3.8) is 0 Å². The lowest BCUT2D eigenvalue weighted by Crippen LogP contribution is -2.54. The van der Waals surface area contributed by atoms with E-state index in [1.165, 1.54) is 5.01 Å². The van der Waals surface area contributed by atoms with Crippen molar-refractivity contribution in [3.8, 4) is 5.75 Å². The molecule has 5 nitrogen and oxygen atoms in total. The fourth-order valence-corrected chi connectivity index (χ4v) is 4.51. The van der Waals surface area contributed by atoms with E-state index >= 15 is 0 Å². The number of hydrogen-bond acceptors (Lipinski definition) is 4. The SMILES string of the molecule is COc1ccc2c(c1)CCC1C(c3ccc(Cl)cc3)NN(C(N)=S)C21O. The third kappa shape index (κ3) is 2.56. The number of thiocarbonyl (C=S) groups is 1. The predicted octanol–water partition coefficient (Wildman–Crippen LogP) is 2.86. The monoisotopic (exact) mass is 389 g/mol.